The lowest BCUT2D eigenvalue weighted by Gasteiger charge is -2.26. The highest BCUT2D eigenvalue weighted by Gasteiger charge is 2.48. The minimum absolute atomic E-state index is 0.0283. The standard InChI is InChI=1S/C17H28N2O7/c1-16(2,3)25-14(22)18-9-10-8-11(13(21)24-7)19(12(10)20)15(23)26-17(4,5)6/h10-11H,8-9H2,1-7H3,(H,18,22)/t10-,11+/m1/s1. The average molecular weight is 372 g/mol. The van der Waals surface area contributed by atoms with Gasteiger partial charge in [0.2, 0.25) is 5.91 Å². The average Bonchev–Trinajstić information content (AvgIpc) is 2.77. The second-order valence-electron chi connectivity index (χ2n) is 8.04. The third-order valence-electron chi connectivity index (χ3n) is 3.36. The normalized spacial score (nSPS) is 20.6. The van der Waals surface area contributed by atoms with Gasteiger partial charge in [-0.3, -0.25) is 4.79 Å². The molecule has 1 heterocycles. The van der Waals surface area contributed by atoms with Gasteiger partial charge in [-0.25, -0.2) is 19.3 Å². The summed E-state index contributed by atoms with van der Waals surface area (Å²) in [6.07, 6.45) is -1.58. The lowest BCUT2D eigenvalue weighted by Crippen LogP contribution is -2.46. The molecule has 1 aliphatic heterocycles. The molecular weight excluding hydrogens is 344 g/mol. The fourth-order valence-corrected chi connectivity index (χ4v) is 2.38. The van der Waals surface area contributed by atoms with Crippen molar-refractivity contribution >= 4 is 24.1 Å². The number of methoxy groups -OCH3 is 1. The van der Waals surface area contributed by atoms with Crippen LogP contribution < -0.4 is 5.32 Å². The van der Waals surface area contributed by atoms with Crippen LogP contribution in [0.1, 0.15) is 48.0 Å². The molecule has 1 aliphatic rings. The third-order valence-corrected chi connectivity index (χ3v) is 3.36. The maximum absolute atomic E-state index is 12.6. The lowest BCUT2D eigenvalue weighted by atomic mass is 10.1. The second kappa shape index (κ2) is 7.92. The van der Waals surface area contributed by atoms with Gasteiger partial charge in [-0.2, -0.15) is 0 Å². The molecule has 3 amide bonds. The molecule has 0 radical (unpaired) electrons. The Labute approximate surface area is 153 Å². The number of ether oxygens (including phenoxy) is 3. The van der Waals surface area contributed by atoms with Crippen LogP contribution in [0.3, 0.4) is 0 Å². The Bertz CT molecular complexity index is 575. The summed E-state index contributed by atoms with van der Waals surface area (Å²) >= 11 is 0. The molecule has 0 bridgehead atoms. The van der Waals surface area contributed by atoms with E-state index in [9.17, 15) is 19.2 Å². The van der Waals surface area contributed by atoms with Crippen LogP contribution in [0.2, 0.25) is 0 Å². The summed E-state index contributed by atoms with van der Waals surface area (Å²) in [4.78, 5) is 49.4. The van der Waals surface area contributed by atoms with E-state index in [4.69, 9.17) is 9.47 Å². The van der Waals surface area contributed by atoms with Crippen molar-refractivity contribution in [3.05, 3.63) is 0 Å². The van der Waals surface area contributed by atoms with Crippen molar-refractivity contribution < 1.29 is 33.4 Å². The molecule has 1 saturated heterocycles. The van der Waals surface area contributed by atoms with Gasteiger partial charge in [0, 0.05) is 6.54 Å². The summed E-state index contributed by atoms with van der Waals surface area (Å²) in [6, 6.07) is -1.09. The second-order valence-corrected chi connectivity index (χ2v) is 8.04. The maximum atomic E-state index is 12.6. The van der Waals surface area contributed by atoms with Crippen molar-refractivity contribution in [2.45, 2.75) is 65.2 Å². The van der Waals surface area contributed by atoms with Gasteiger partial charge in [-0.15, -0.1) is 0 Å². The highest BCUT2D eigenvalue weighted by molar-refractivity contribution is 6.01. The Morgan fingerprint density at radius 2 is 1.62 bits per heavy atom. The topological polar surface area (TPSA) is 111 Å². The first-order valence-electron chi connectivity index (χ1n) is 8.36. The van der Waals surface area contributed by atoms with Crippen LogP contribution in [0.5, 0.6) is 0 Å². The Morgan fingerprint density at radius 3 is 2.08 bits per heavy atom. The Morgan fingerprint density at radius 1 is 1.08 bits per heavy atom. The first-order chi connectivity index (χ1) is 11.7. The molecule has 0 aromatic heterocycles. The number of likely N-dealkylation sites (tertiary alicyclic amines) is 1. The molecule has 0 unspecified atom stereocenters. The molecule has 0 saturated carbocycles. The van der Waals surface area contributed by atoms with Gasteiger partial charge < -0.3 is 19.5 Å². The van der Waals surface area contributed by atoms with Crippen molar-refractivity contribution in [3.63, 3.8) is 0 Å². The number of hydrogen-bond donors (Lipinski definition) is 1. The number of carbonyl (C=O) groups excluding carboxylic acids is 4. The summed E-state index contributed by atoms with van der Waals surface area (Å²) in [5, 5.41) is 2.48. The predicted molar refractivity (Wildman–Crippen MR) is 91.2 cm³/mol. The first kappa shape index (κ1) is 21.7. The summed E-state index contributed by atoms with van der Waals surface area (Å²) in [5.74, 6) is -2.09. The van der Waals surface area contributed by atoms with Crippen LogP contribution in [-0.2, 0) is 23.8 Å². The van der Waals surface area contributed by atoms with Crippen molar-refractivity contribution in [2.24, 2.45) is 5.92 Å². The SMILES string of the molecule is COC(=O)[C@@H]1C[C@H](CNC(=O)OC(C)(C)C)C(=O)N1C(=O)OC(C)(C)C. The van der Waals surface area contributed by atoms with E-state index in [1.807, 2.05) is 0 Å². The minimum atomic E-state index is -1.09. The number of carbonyl (C=O) groups is 4. The number of alkyl carbamates (subject to hydrolysis) is 1. The van der Waals surface area contributed by atoms with E-state index in [0.29, 0.717) is 0 Å². The maximum Gasteiger partial charge on any atom is 0.417 e. The molecule has 9 heteroatoms. The molecule has 148 valence electrons. The quantitative estimate of drug-likeness (QED) is 0.594. The van der Waals surface area contributed by atoms with Crippen LogP contribution in [0.4, 0.5) is 9.59 Å². The van der Waals surface area contributed by atoms with E-state index in [-0.39, 0.29) is 13.0 Å². The smallest absolute Gasteiger partial charge is 0.417 e. The van der Waals surface area contributed by atoms with Gasteiger partial charge in [-0.05, 0) is 48.0 Å². The van der Waals surface area contributed by atoms with E-state index < -0.39 is 47.2 Å². The van der Waals surface area contributed by atoms with E-state index in [1.54, 1.807) is 41.5 Å². The van der Waals surface area contributed by atoms with Crippen LogP contribution in [-0.4, -0.2) is 59.9 Å². The zero-order valence-corrected chi connectivity index (χ0v) is 16.4. The van der Waals surface area contributed by atoms with Crippen molar-refractivity contribution in [3.8, 4) is 0 Å². The van der Waals surface area contributed by atoms with Gasteiger partial charge in [0.15, 0.2) is 0 Å². The Kier molecular flexibility index (Phi) is 6.62. The van der Waals surface area contributed by atoms with Gasteiger partial charge in [0.05, 0.1) is 13.0 Å². The van der Waals surface area contributed by atoms with Gasteiger partial charge in [0.1, 0.15) is 17.2 Å². The van der Waals surface area contributed by atoms with Crippen molar-refractivity contribution in [1.29, 1.82) is 0 Å². The Balaban J connectivity index is 2.85. The zero-order chi connectivity index (χ0) is 20.3. The van der Waals surface area contributed by atoms with Crippen LogP contribution in [0, 0.1) is 5.92 Å². The zero-order valence-electron chi connectivity index (χ0n) is 16.4. The molecular formula is C17H28N2O7. The largest absolute Gasteiger partial charge is 0.467 e. The number of rotatable bonds is 3. The highest BCUT2D eigenvalue weighted by Crippen LogP contribution is 2.27. The van der Waals surface area contributed by atoms with Crippen LogP contribution in [0.25, 0.3) is 0 Å². The molecule has 2 atom stereocenters. The van der Waals surface area contributed by atoms with Gasteiger partial charge in [-0.1, -0.05) is 0 Å². The summed E-state index contributed by atoms with van der Waals surface area (Å²) < 4.78 is 15.0. The predicted octanol–water partition coefficient (Wildman–Crippen LogP) is 1.84. The fourth-order valence-electron chi connectivity index (χ4n) is 2.38. The fraction of sp³-hybridized carbons (Fsp3) is 0.765. The summed E-state index contributed by atoms with van der Waals surface area (Å²) in [5.41, 5.74) is -1.51. The number of esters is 1. The molecule has 1 rings (SSSR count). The summed E-state index contributed by atoms with van der Waals surface area (Å²) in [7, 11) is 1.17. The molecule has 0 aromatic rings. The van der Waals surface area contributed by atoms with E-state index in [1.165, 1.54) is 7.11 Å². The van der Waals surface area contributed by atoms with Crippen LogP contribution in [0.15, 0.2) is 0 Å². The highest BCUT2D eigenvalue weighted by atomic mass is 16.6. The van der Waals surface area contributed by atoms with E-state index in [0.717, 1.165) is 4.90 Å². The molecule has 9 nitrogen and oxygen atoms in total. The molecule has 26 heavy (non-hydrogen) atoms. The monoisotopic (exact) mass is 372 g/mol. The third kappa shape index (κ3) is 6.20. The van der Waals surface area contributed by atoms with Gasteiger partial charge in [0.25, 0.3) is 0 Å². The number of imide groups is 1. The van der Waals surface area contributed by atoms with Crippen molar-refractivity contribution in [1.82, 2.24) is 10.2 Å². The Hall–Kier alpha value is -2.32. The molecule has 1 N–H and O–H groups in total. The molecule has 1 fully saturated rings. The van der Waals surface area contributed by atoms with Crippen LogP contribution >= 0.6 is 0 Å². The molecule has 0 spiro atoms. The lowest BCUT2D eigenvalue weighted by molar-refractivity contribution is -0.148. The summed E-state index contributed by atoms with van der Waals surface area (Å²) in [6.45, 7) is 10.0. The molecule has 0 aliphatic carbocycles. The number of hydrogen-bond acceptors (Lipinski definition) is 7. The first-order valence-corrected chi connectivity index (χ1v) is 8.36. The number of amides is 3. The van der Waals surface area contributed by atoms with E-state index >= 15 is 0 Å². The van der Waals surface area contributed by atoms with Gasteiger partial charge >= 0.3 is 18.2 Å². The molecule has 0 aromatic carbocycles. The minimum Gasteiger partial charge on any atom is -0.467 e. The number of nitrogens with one attached hydrogen (secondary N) is 1. The van der Waals surface area contributed by atoms with E-state index in [2.05, 4.69) is 10.1 Å². The van der Waals surface area contributed by atoms with Crippen molar-refractivity contribution in [2.75, 3.05) is 13.7 Å². The number of nitrogens with zero attached hydrogens (tertiary/aromatic N) is 1.